The number of likely N-dealkylation sites (tertiary alicyclic amines) is 1. The minimum Gasteiger partial charge on any atom is -0.507 e. The van der Waals surface area contributed by atoms with Gasteiger partial charge in [0, 0.05) is 5.56 Å². The fraction of sp³-hybridized carbons (Fsp3) is 0.167. The van der Waals surface area contributed by atoms with Crippen molar-refractivity contribution in [1.82, 2.24) is 4.90 Å². The van der Waals surface area contributed by atoms with E-state index in [1.807, 2.05) is 0 Å². The summed E-state index contributed by atoms with van der Waals surface area (Å²) in [6, 6.07) is 15.7. The molecule has 0 bridgehead atoms. The Morgan fingerprint density at radius 2 is 1.87 bits per heavy atom. The number of aliphatic hydroxyl groups excluding tert-OH is 1. The number of carbonyl (C=O) groups excluding carboxylic acids is 2. The number of ether oxygens (including phenoxy) is 1. The van der Waals surface area contributed by atoms with Crippen LogP contribution >= 0.6 is 0 Å². The molecule has 0 radical (unpaired) electrons. The van der Waals surface area contributed by atoms with Gasteiger partial charge < -0.3 is 24.3 Å². The minimum atomic E-state index is -0.884. The zero-order chi connectivity index (χ0) is 22.0. The number of rotatable bonds is 6. The smallest absolute Gasteiger partial charge is 0.296 e. The molecule has 1 saturated heterocycles. The first kappa shape index (κ1) is 20.3. The van der Waals surface area contributed by atoms with Crippen LogP contribution in [0, 0.1) is 0 Å². The summed E-state index contributed by atoms with van der Waals surface area (Å²) in [5.41, 5.74) is 0.910. The summed E-state index contributed by atoms with van der Waals surface area (Å²) in [5.74, 6) is -1.14. The number of hydrogen-bond donors (Lipinski definition) is 2. The molecule has 1 aliphatic rings. The highest BCUT2D eigenvalue weighted by molar-refractivity contribution is 6.46. The molecule has 1 atom stereocenters. The SMILES string of the molecule is CCOc1cc(C2C(=C(O)c3ccccc3)C(=O)C(=O)N2Cc2ccco2)ccc1O. The largest absolute Gasteiger partial charge is 0.507 e. The van der Waals surface area contributed by atoms with Crippen molar-refractivity contribution in [1.29, 1.82) is 0 Å². The van der Waals surface area contributed by atoms with Crippen LogP contribution in [0.2, 0.25) is 0 Å². The number of aliphatic hydroxyl groups is 1. The van der Waals surface area contributed by atoms with Crippen molar-refractivity contribution in [2.75, 3.05) is 6.61 Å². The van der Waals surface area contributed by atoms with Crippen molar-refractivity contribution in [3.63, 3.8) is 0 Å². The number of benzene rings is 2. The van der Waals surface area contributed by atoms with Gasteiger partial charge in [0.15, 0.2) is 11.5 Å². The van der Waals surface area contributed by atoms with Gasteiger partial charge in [-0.1, -0.05) is 36.4 Å². The summed E-state index contributed by atoms with van der Waals surface area (Å²) in [6.45, 7) is 2.15. The highest BCUT2D eigenvalue weighted by Gasteiger charge is 2.46. The molecule has 0 aliphatic carbocycles. The van der Waals surface area contributed by atoms with E-state index in [0.29, 0.717) is 23.5 Å². The number of ketones is 1. The lowest BCUT2D eigenvalue weighted by molar-refractivity contribution is -0.140. The van der Waals surface area contributed by atoms with E-state index in [2.05, 4.69) is 0 Å². The van der Waals surface area contributed by atoms with Crippen molar-refractivity contribution in [3.8, 4) is 11.5 Å². The maximum absolute atomic E-state index is 13.0. The van der Waals surface area contributed by atoms with Crippen molar-refractivity contribution < 1.29 is 29.0 Å². The van der Waals surface area contributed by atoms with Crippen LogP contribution in [-0.2, 0) is 16.1 Å². The first-order chi connectivity index (χ1) is 15.0. The lowest BCUT2D eigenvalue weighted by Gasteiger charge is -2.25. The molecule has 7 heteroatoms. The van der Waals surface area contributed by atoms with Gasteiger partial charge in [0.2, 0.25) is 0 Å². The van der Waals surface area contributed by atoms with Crippen molar-refractivity contribution in [3.05, 3.63) is 89.4 Å². The quantitative estimate of drug-likeness (QED) is 0.356. The highest BCUT2D eigenvalue weighted by Crippen LogP contribution is 2.42. The molecular formula is C24H21NO6. The van der Waals surface area contributed by atoms with Gasteiger partial charge in [-0.05, 0) is 36.8 Å². The molecule has 2 aromatic carbocycles. The Balaban J connectivity index is 1.88. The van der Waals surface area contributed by atoms with Gasteiger partial charge in [-0.15, -0.1) is 0 Å². The first-order valence-electron chi connectivity index (χ1n) is 9.83. The van der Waals surface area contributed by atoms with Gasteiger partial charge in [0.1, 0.15) is 11.5 Å². The second-order valence-corrected chi connectivity index (χ2v) is 7.03. The van der Waals surface area contributed by atoms with Crippen molar-refractivity contribution in [2.24, 2.45) is 0 Å². The molecular weight excluding hydrogens is 398 g/mol. The van der Waals surface area contributed by atoms with Gasteiger partial charge in [-0.2, -0.15) is 0 Å². The van der Waals surface area contributed by atoms with Crippen LogP contribution in [0.15, 0.2) is 76.9 Å². The zero-order valence-corrected chi connectivity index (χ0v) is 16.8. The molecule has 7 nitrogen and oxygen atoms in total. The van der Waals surface area contributed by atoms with E-state index in [-0.39, 0.29) is 29.4 Å². The number of hydrogen-bond acceptors (Lipinski definition) is 6. The molecule has 1 unspecified atom stereocenters. The molecule has 1 aliphatic heterocycles. The maximum Gasteiger partial charge on any atom is 0.296 e. The molecule has 158 valence electrons. The number of nitrogens with zero attached hydrogens (tertiary/aromatic N) is 1. The Morgan fingerprint density at radius 3 is 2.55 bits per heavy atom. The number of phenolic OH excluding ortho intramolecular Hbond substituents is 1. The lowest BCUT2D eigenvalue weighted by atomic mass is 9.95. The molecule has 1 fully saturated rings. The monoisotopic (exact) mass is 419 g/mol. The van der Waals surface area contributed by atoms with Gasteiger partial charge in [0.25, 0.3) is 11.7 Å². The molecule has 3 aromatic rings. The Labute approximate surface area is 178 Å². The van der Waals surface area contributed by atoms with E-state index in [0.717, 1.165) is 0 Å². The molecule has 0 spiro atoms. The van der Waals surface area contributed by atoms with Crippen LogP contribution in [-0.4, -0.2) is 33.4 Å². The zero-order valence-electron chi connectivity index (χ0n) is 16.8. The number of phenols is 1. The van der Waals surface area contributed by atoms with Crippen LogP contribution in [0.5, 0.6) is 11.5 Å². The predicted octanol–water partition coefficient (Wildman–Crippen LogP) is 4.01. The van der Waals surface area contributed by atoms with Crippen LogP contribution in [0.1, 0.15) is 29.9 Å². The molecule has 4 rings (SSSR count). The number of Topliss-reactive ketones (excluding diaryl/α,β-unsaturated/α-hetero) is 1. The molecule has 2 heterocycles. The molecule has 31 heavy (non-hydrogen) atoms. The summed E-state index contributed by atoms with van der Waals surface area (Å²) >= 11 is 0. The number of furan rings is 1. The lowest BCUT2D eigenvalue weighted by Crippen LogP contribution is -2.29. The molecule has 0 saturated carbocycles. The van der Waals surface area contributed by atoms with E-state index >= 15 is 0 Å². The predicted molar refractivity (Wildman–Crippen MR) is 112 cm³/mol. The van der Waals surface area contributed by atoms with Crippen LogP contribution in [0.4, 0.5) is 0 Å². The fourth-order valence-corrected chi connectivity index (χ4v) is 3.68. The molecule has 1 aromatic heterocycles. The average molecular weight is 419 g/mol. The normalized spacial score (nSPS) is 17.8. The van der Waals surface area contributed by atoms with Gasteiger partial charge in [-0.25, -0.2) is 0 Å². The standard InChI is InChI=1S/C24H21NO6/c1-2-30-19-13-16(10-11-18(19)26)21-20(22(27)15-7-4-3-5-8-15)23(28)24(29)25(21)14-17-9-6-12-31-17/h3-13,21,26-27H,2,14H2,1H3. The third-order valence-corrected chi connectivity index (χ3v) is 5.09. The number of carbonyl (C=O) groups is 2. The van der Waals surface area contributed by atoms with Gasteiger partial charge >= 0.3 is 0 Å². The summed E-state index contributed by atoms with van der Waals surface area (Å²) in [5, 5.41) is 21.1. The third-order valence-electron chi connectivity index (χ3n) is 5.09. The number of amides is 1. The molecule has 2 N–H and O–H groups in total. The third kappa shape index (κ3) is 3.77. The van der Waals surface area contributed by atoms with E-state index in [4.69, 9.17) is 9.15 Å². The van der Waals surface area contributed by atoms with Crippen LogP contribution in [0.25, 0.3) is 5.76 Å². The first-order valence-corrected chi connectivity index (χ1v) is 9.83. The summed E-state index contributed by atoms with van der Waals surface area (Å²) in [7, 11) is 0. The average Bonchev–Trinajstić information content (AvgIpc) is 3.38. The molecule has 1 amide bonds. The van der Waals surface area contributed by atoms with E-state index in [9.17, 15) is 19.8 Å². The summed E-state index contributed by atoms with van der Waals surface area (Å²) in [6.07, 6.45) is 1.48. The Kier molecular flexibility index (Phi) is 5.49. The fourth-order valence-electron chi connectivity index (χ4n) is 3.68. The van der Waals surface area contributed by atoms with Gasteiger partial charge in [-0.3, -0.25) is 9.59 Å². The summed E-state index contributed by atoms with van der Waals surface area (Å²) < 4.78 is 10.9. The summed E-state index contributed by atoms with van der Waals surface area (Å²) in [4.78, 5) is 27.3. The van der Waals surface area contributed by atoms with Crippen molar-refractivity contribution >= 4 is 17.4 Å². The topological polar surface area (TPSA) is 100 Å². The van der Waals surface area contributed by atoms with E-state index in [1.54, 1.807) is 61.5 Å². The highest BCUT2D eigenvalue weighted by atomic mass is 16.5. The van der Waals surface area contributed by atoms with Crippen LogP contribution in [0.3, 0.4) is 0 Å². The van der Waals surface area contributed by atoms with Crippen molar-refractivity contribution in [2.45, 2.75) is 19.5 Å². The minimum absolute atomic E-state index is 0.0316. The second-order valence-electron chi connectivity index (χ2n) is 7.03. The Hall–Kier alpha value is -4.00. The Morgan fingerprint density at radius 1 is 1.10 bits per heavy atom. The second kappa shape index (κ2) is 8.39. The van der Waals surface area contributed by atoms with E-state index < -0.39 is 17.7 Å². The number of aromatic hydroxyl groups is 1. The van der Waals surface area contributed by atoms with E-state index in [1.165, 1.54) is 17.2 Å². The maximum atomic E-state index is 13.0. The Bertz CT molecular complexity index is 1130. The van der Waals surface area contributed by atoms with Gasteiger partial charge in [0.05, 0.1) is 31.0 Å². The van der Waals surface area contributed by atoms with Crippen LogP contribution < -0.4 is 4.74 Å².